The molecule has 0 aliphatic carbocycles. The molecule has 2 N–H and O–H groups in total. The normalized spacial score (nSPS) is 23.6. The lowest BCUT2D eigenvalue weighted by atomic mass is 9.94. The van der Waals surface area contributed by atoms with Crippen molar-refractivity contribution in [2.75, 3.05) is 19.8 Å². The van der Waals surface area contributed by atoms with Crippen molar-refractivity contribution < 1.29 is 28.6 Å². The number of benzene rings is 2. The van der Waals surface area contributed by atoms with Crippen molar-refractivity contribution in [2.45, 2.75) is 63.5 Å². The molecule has 2 aliphatic heterocycles. The van der Waals surface area contributed by atoms with E-state index < -0.39 is 12.0 Å². The van der Waals surface area contributed by atoms with E-state index in [9.17, 15) is 23.9 Å². The zero-order valence-electron chi connectivity index (χ0n) is 22.8. The maximum absolute atomic E-state index is 13.6. The summed E-state index contributed by atoms with van der Waals surface area (Å²) in [4.78, 5) is 41.4. The molecule has 40 heavy (non-hydrogen) atoms. The molecule has 1 fully saturated rings. The van der Waals surface area contributed by atoms with Gasteiger partial charge in [-0.2, -0.15) is 0 Å². The molecule has 0 aromatic heterocycles. The summed E-state index contributed by atoms with van der Waals surface area (Å²) in [5.74, 6) is -1.92. The van der Waals surface area contributed by atoms with Crippen LogP contribution in [0.2, 0.25) is 0 Å². The maximum atomic E-state index is 13.6. The Morgan fingerprint density at radius 2 is 1.80 bits per heavy atom. The third-order valence-corrected chi connectivity index (χ3v) is 7.77. The highest BCUT2D eigenvalue weighted by Crippen LogP contribution is 2.25. The van der Waals surface area contributed by atoms with Gasteiger partial charge in [0.1, 0.15) is 12.4 Å². The van der Waals surface area contributed by atoms with E-state index in [0.29, 0.717) is 38.6 Å². The van der Waals surface area contributed by atoms with Gasteiger partial charge in [0.15, 0.2) is 0 Å². The molecule has 2 heterocycles. The predicted octanol–water partition coefficient (Wildman–Crippen LogP) is 3.98. The lowest BCUT2D eigenvalue weighted by Crippen LogP contribution is -2.45. The molecule has 0 saturated carbocycles. The van der Waals surface area contributed by atoms with Crippen LogP contribution < -0.4 is 5.32 Å². The van der Waals surface area contributed by atoms with Crippen LogP contribution in [0, 0.1) is 17.7 Å². The van der Waals surface area contributed by atoms with E-state index in [1.165, 1.54) is 12.1 Å². The number of aliphatic hydroxyl groups excluding tert-OH is 1. The largest absolute Gasteiger partial charge is 0.463 e. The summed E-state index contributed by atoms with van der Waals surface area (Å²) < 4.78 is 19.1. The highest BCUT2D eigenvalue weighted by Gasteiger charge is 2.35. The topological polar surface area (TPSA) is 95.9 Å². The number of allylic oxidation sites excluding steroid dienone is 2. The predicted molar refractivity (Wildman–Crippen MR) is 150 cm³/mol. The summed E-state index contributed by atoms with van der Waals surface area (Å²) in [6, 6.07) is 15.1. The Morgan fingerprint density at radius 3 is 2.55 bits per heavy atom. The van der Waals surface area contributed by atoms with Gasteiger partial charge < -0.3 is 20.1 Å². The van der Waals surface area contributed by atoms with E-state index in [1.54, 1.807) is 17.0 Å². The van der Waals surface area contributed by atoms with Crippen LogP contribution in [0.3, 0.4) is 0 Å². The zero-order chi connectivity index (χ0) is 28.3. The molecule has 7 nitrogen and oxygen atoms in total. The fourth-order valence-corrected chi connectivity index (χ4v) is 5.56. The fourth-order valence-electron chi connectivity index (χ4n) is 5.56. The number of aliphatic hydroxyl groups is 1. The summed E-state index contributed by atoms with van der Waals surface area (Å²) in [7, 11) is 0. The molecule has 2 amide bonds. The van der Waals surface area contributed by atoms with Crippen LogP contribution in [0.25, 0.3) is 0 Å². The van der Waals surface area contributed by atoms with Crippen molar-refractivity contribution in [3.05, 3.63) is 83.7 Å². The molecule has 4 atom stereocenters. The number of nitrogens with zero attached hydrogens (tertiary/aromatic N) is 1. The molecule has 0 unspecified atom stereocenters. The van der Waals surface area contributed by atoms with Crippen molar-refractivity contribution in [1.29, 1.82) is 0 Å². The number of amides is 2. The smallest absolute Gasteiger partial charge is 0.309 e. The number of rotatable bonds is 8. The number of cyclic esters (lactones) is 1. The molecule has 2 aliphatic rings. The average molecular weight is 551 g/mol. The van der Waals surface area contributed by atoms with E-state index in [-0.39, 0.29) is 55.2 Å². The average Bonchev–Trinajstić information content (AvgIpc) is 3.43. The number of esters is 1. The van der Waals surface area contributed by atoms with Gasteiger partial charge in [-0.25, -0.2) is 4.39 Å². The molecular weight excluding hydrogens is 511 g/mol. The summed E-state index contributed by atoms with van der Waals surface area (Å²) in [5, 5.41) is 12.7. The Morgan fingerprint density at radius 1 is 1.02 bits per heavy atom. The van der Waals surface area contributed by atoms with Crippen LogP contribution in [0.15, 0.2) is 66.7 Å². The summed E-state index contributed by atoms with van der Waals surface area (Å²) >= 11 is 0. The van der Waals surface area contributed by atoms with Gasteiger partial charge in [0, 0.05) is 13.0 Å². The van der Waals surface area contributed by atoms with Crippen molar-refractivity contribution in [3.8, 4) is 0 Å². The second-order valence-electron chi connectivity index (χ2n) is 10.8. The van der Waals surface area contributed by atoms with Crippen molar-refractivity contribution >= 4 is 17.8 Å². The van der Waals surface area contributed by atoms with Gasteiger partial charge in [-0.05, 0) is 68.2 Å². The first kappa shape index (κ1) is 29.5. The monoisotopic (exact) mass is 550 g/mol. The number of carbonyl (C=O) groups is 3. The second kappa shape index (κ2) is 14.7. The van der Waals surface area contributed by atoms with Crippen LogP contribution in [-0.2, 0) is 32.0 Å². The Kier molecular flexibility index (Phi) is 10.9. The van der Waals surface area contributed by atoms with Crippen LogP contribution in [0.4, 0.5) is 4.39 Å². The fraction of sp³-hybridized carbons (Fsp3) is 0.469. The summed E-state index contributed by atoms with van der Waals surface area (Å²) in [6.07, 6.45) is 7.99. The summed E-state index contributed by atoms with van der Waals surface area (Å²) in [5.41, 5.74) is 1.88. The van der Waals surface area contributed by atoms with Crippen LogP contribution in [0.5, 0.6) is 0 Å². The van der Waals surface area contributed by atoms with Gasteiger partial charge in [0.25, 0.3) is 0 Å². The maximum Gasteiger partial charge on any atom is 0.309 e. The highest BCUT2D eigenvalue weighted by molar-refractivity contribution is 5.86. The van der Waals surface area contributed by atoms with E-state index in [0.717, 1.165) is 24.0 Å². The molecule has 1 saturated heterocycles. The Bertz CT molecular complexity index is 1150. The quantitative estimate of drug-likeness (QED) is 0.383. The van der Waals surface area contributed by atoms with Gasteiger partial charge in [-0.1, -0.05) is 54.6 Å². The second-order valence-corrected chi connectivity index (χ2v) is 10.8. The molecule has 214 valence electrons. The van der Waals surface area contributed by atoms with E-state index >= 15 is 0 Å². The third-order valence-electron chi connectivity index (χ3n) is 7.77. The first-order valence-electron chi connectivity index (χ1n) is 14.2. The first-order chi connectivity index (χ1) is 19.4. The standard InChI is InChI=1S/C32H39FN2O5/c33-27-15-13-24(14-16-27)18-26-11-6-2-5-10-25(31(38)35-17-7-12-29(35)22-40-32(26)39)20-30(37)34-28(21-36)19-23-8-3-1-4-9-23/h1-5,8-9,13-16,25-26,28-29,36H,6-7,10-12,17-22H2,(H,34,37)/b5-2-/t25-,26-,28-,29-/m0/s1. The number of nitrogens with one attached hydrogen (secondary N) is 1. The highest BCUT2D eigenvalue weighted by atomic mass is 19.1. The summed E-state index contributed by atoms with van der Waals surface area (Å²) in [6.45, 7) is 0.494. The van der Waals surface area contributed by atoms with E-state index in [2.05, 4.69) is 5.32 Å². The van der Waals surface area contributed by atoms with Gasteiger partial charge in [-0.3, -0.25) is 14.4 Å². The van der Waals surface area contributed by atoms with Crippen molar-refractivity contribution in [3.63, 3.8) is 0 Å². The minimum absolute atomic E-state index is 0.0185. The SMILES string of the molecule is O=C(C[C@@H]1C/C=C\CC[C@@H](Cc2ccc(F)cc2)C(=O)OC[C@@H]2CCCN2C1=O)N[C@H](CO)Cc1ccccc1. The molecular formula is C32H39FN2O5. The van der Waals surface area contributed by atoms with E-state index in [4.69, 9.17) is 4.74 Å². The number of ether oxygens (including phenoxy) is 1. The Hall–Kier alpha value is -3.52. The lowest BCUT2D eigenvalue weighted by Gasteiger charge is -2.29. The number of hydrogen-bond acceptors (Lipinski definition) is 5. The Balaban J connectivity index is 1.42. The third kappa shape index (κ3) is 8.49. The molecule has 2 aromatic carbocycles. The lowest BCUT2D eigenvalue weighted by molar-refractivity contribution is -0.152. The molecule has 0 bridgehead atoms. The minimum atomic E-state index is -0.542. The van der Waals surface area contributed by atoms with Gasteiger partial charge in [0.05, 0.1) is 30.5 Å². The molecule has 0 spiro atoms. The minimum Gasteiger partial charge on any atom is -0.463 e. The van der Waals surface area contributed by atoms with Gasteiger partial charge >= 0.3 is 5.97 Å². The molecule has 8 heteroatoms. The number of hydrogen-bond donors (Lipinski definition) is 2. The zero-order valence-corrected chi connectivity index (χ0v) is 22.8. The first-order valence-corrected chi connectivity index (χ1v) is 14.2. The van der Waals surface area contributed by atoms with Gasteiger partial charge in [0.2, 0.25) is 11.8 Å². The van der Waals surface area contributed by atoms with Crippen molar-refractivity contribution in [2.24, 2.45) is 11.8 Å². The molecule has 2 aromatic rings. The number of fused-ring (bicyclic) bond motifs is 1. The van der Waals surface area contributed by atoms with Gasteiger partial charge in [-0.15, -0.1) is 0 Å². The number of carbonyl (C=O) groups excluding carboxylic acids is 3. The molecule has 0 radical (unpaired) electrons. The van der Waals surface area contributed by atoms with Crippen LogP contribution in [-0.4, -0.2) is 59.6 Å². The van der Waals surface area contributed by atoms with E-state index in [1.807, 2.05) is 42.5 Å². The van der Waals surface area contributed by atoms with Crippen molar-refractivity contribution in [1.82, 2.24) is 10.2 Å². The van der Waals surface area contributed by atoms with Crippen LogP contribution >= 0.6 is 0 Å². The van der Waals surface area contributed by atoms with Crippen LogP contribution in [0.1, 0.15) is 49.7 Å². The Labute approximate surface area is 235 Å². The number of halogens is 1. The molecule has 4 rings (SSSR count).